The number of fused-ring (bicyclic) bond motifs is 1. The van der Waals surface area contributed by atoms with Gasteiger partial charge in [-0.1, -0.05) is 6.42 Å². The van der Waals surface area contributed by atoms with Crippen LogP contribution in [0.25, 0.3) is 0 Å². The van der Waals surface area contributed by atoms with Crippen molar-refractivity contribution in [3.05, 3.63) is 11.9 Å². The van der Waals surface area contributed by atoms with Gasteiger partial charge in [0.15, 0.2) is 0 Å². The number of ether oxygens (including phenoxy) is 1. The van der Waals surface area contributed by atoms with Crippen LogP contribution in [0, 0.1) is 17.8 Å². The molecule has 0 radical (unpaired) electrons. The predicted molar refractivity (Wildman–Crippen MR) is 71.7 cm³/mol. The zero-order valence-electron chi connectivity index (χ0n) is 11.2. The average Bonchev–Trinajstić information content (AvgIpc) is 2.78. The van der Waals surface area contributed by atoms with E-state index in [0.29, 0.717) is 35.1 Å². The van der Waals surface area contributed by atoms with Gasteiger partial charge in [-0.3, -0.25) is 5.10 Å². The van der Waals surface area contributed by atoms with Gasteiger partial charge in [-0.05, 0) is 30.6 Å². The highest BCUT2D eigenvalue weighted by Crippen LogP contribution is 2.50. The van der Waals surface area contributed by atoms with E-state index in [4.69, 9.17) is 4.74 Å². The van der Waals surface area contributed by atoms with E-state index in [2.05, 4.69) is 14.9 Å². The average molecular weight is 297 g/mol. The van der Waals surface area contributed by atoms with Crippen LogP contribution in [0.1, 0.15) is 30.9 Å². The Morgan fingerprint density at radius 2 is 2.10 bits per heavy atom. The van der Waals surface area contributed by atoms with Crippen molar-refractivity contribution < 1.29 is 13.2 Å². The van der Waals surface area contributed by atoms with Crippen molar-refractivity contribution in [2.45, 2.75) is 30.1 Å². The molecule has 2 N–H and O–H groups in total. The van der Waals surface area contributed by atoms with Crippen molar-refractivity contribution in [2.24, 2.45) is 17.8 Å². The van der Waals surface area contributed by atoms with Gasteiger partial charge in [-0.2, -0.15) is 5.10 Å². The molecule has 0 spiro atoms. The van der Waals surface area contributed by atoms with E-state index < -0.39 is 10.0 Å². The molecule has 1 aliphatic heterocycles. The summed E-state index contributed by atoms with van der Waals surface area (Å²) in [5.41, 5.74) is 0.781. The van der Waals surface area contributed by atoms with E-state index in [1.807, 2.05) is 0 Å². The Labute approximate surface area is 118 Å². The smallest absolute Gasteiger partial charge is 0.243 e. The van der Waals surface area contributed by atoms with Crippen molar-refractivity contribution in [3.8, 4) is 0 Å². The number of nitrogens with one attached hydrogen (secondary N) is 2. The van der Waals surface area contributed by atoms with E-state index in [1.54, 1.807) is 0 Å². The highest BCUT2D eigenvalue weighted by Gasteiger charge is 2.53. The first-order valence-corrected chi connectivity index (χ1v) is 8.76. The topological polar surface area (TPSA) is 84.1 Å². The van der Waals surface area contributed by atoms with Crippen LogP contribution in [-0.2, 0) is 14.8 Å². The fourth-order valence-corrected chi connectivity index (χ4v) is 4.69. The number of hydrogen-bond acceptors (Lipinski definition) is 4. The first-order valence-electron chi connectivity index (χ1n) is 7.27. The molecule has 7 heteroatoms. The lowest BCUT2D eigenvalue weighted by atomic mass is 9.83. The molecular weight excluding hydrogens is 278 g/mol. The summed E-state index contributed by atoms with van der Waals surface area (Å²) in [5.74, 6) is 1.91. The Hall–Kier alpha value is -0.920. The van der Waals surface area contributed by atoms with Crippen LogP contribution in [0.3, 0.4) is 0 Å². The van der Waals surface area contributed by atoms with Gasteiger partial charge < -0.3 is 4.74 Å². The van der Waals surface area contributed by atoms with E-state index in [9.17, 15) is 8.42 Å². The maximum Gasteiger partial charge on any atom is 0.243 e. The maximum absolute atomic E-state index is 12.4. The fourth-order valence-electron chi connectivity index (χ4n) is 3.43. The van der Waals surface area contributed by atoms with Gasteiger partial charge >= 0.3 is 0 Å². The van der Waals surface area contributed by atoms with Crippen molar-refractivity contribution in [3.63, 3.8) is 0 Å². The zero-order valence-corrected chi connectivity index (χ0v) is 12.0. The molecule has 1 saturated heterocycles. The molecule has 2 unspecified atom stereocenters. The van der Waals surface area contributed by atoms with Gasteiger partial charge in [-0.15, -0.1) is 0 Å². The number of hydrogen-bond donors (Lipinski definition) is 2. The van der Waals surface area contributed by atoms with Crippen LogP contribution >= 0.6 is 0 Å². The van der Waals surface area contributed by atoms with Gasteiger partial charge in [0.25, 0.3) is 0 Å². The van der Waals surface area contributed by atoms with Crippen LogP contribution in [0.15, 0.2) is 11.1 Å². The molecule has 4 rings (SSSR count). The summed E-state index contributed by atoms with van der Waals surface area (Å²) in [6.07, 6.45) is 4.71. The van der Waals surface area contributed by atoms with Gasteiger partial charge in [0.05, 0.1) is 25.1 Å². The second-order valence-electron chi connectivity index (χ2n) is 6.16. The molecule has 20 heavy (non-hydrogen) atoms. The summed E-state index contributed by atoms with van der Waals surface area (Å²) >= 11 is 0. The van der Waals surface area contributed by atoms with Crippen molar-refractivity contribution in [2.75, 3.05) is 19.8 Å². The molecule has 0 bridgehead atoms. The minimum atomic E-state index is -3.44. The predicted octanol–water partition coefficient (Wildman–Crippen LogP) is 0.848. The lowest BCUT2D eigenvalue weighted by Crippen LogP contribution is -2.28. The molecule has 2 aliphatic carbocycles. The standard InChI is InChI=1S/C13H19N3O3S/c17-20(18,15-4-9-10-6-19-7-11(9)10)12-5-14-16-13(12)8-2-1-3-8/h5,8-11,15H,1-4,6-7H2,(H,14,16). The number of aromatic nitrogens is 2. The Morgan fingerprint density at radius 1 is 1.35 bits per heavy atom. The second-order valence-corrected chi connectivity index (χ2v) is 7.89. The number of sulfonamides is 1. The quantitative estimate of drug-likeness (QED) is 0.844. The molecule has 3 fully saturated rings. The molecule has 1 aromatic rings. The van der Waals surface area contributed by atoms with Gasteiger partial charge in [0.1, 0.15) is 4.90 Å². The van der Waals surface area contributed by atoms with Gasteiger partial charge in [0, 0.05) is 12.5 Å². The third kappa shape index (κ3) is 1.99. The van der Waals surface area contributed by atoms with Crippen LogP contribution in [0.2, 0.25) is 0 Å². The molecule has 1 aromatic heterocycles. The number of H-pyrrole nitrogens is 1. The number of nitrogens with zero attached hydrogens (tertiary/aromatic N) is 1. The maximum atomic E-state index is 12.4. The largest absolute Gasteiger partial charge is 0.381 e. The Balaban J connectivity index is 1.45. The van der Waals surface area contributed by atoms with Gasteiger partial charge in [-0.25, -0.2) is 13.1 Å². The molecule has 3 aliphatic rings. The SMILES string of the molecule is O=S(=O)(NCC1C2COCC12)c1cn[nH]c1C1CCC1. The summed E-state index contributed by atoms with van der Waals surface area (Å²) < 4.78 is 32.9. The normalized spacial score (nSPS) is 32.9. The van der Waals surface area contributed by atoms with Crippen molar-refractivity contribution >= 4 is 10.0 Å². The van der Waals surface area contributed by atoms with E-state index in [1.165, 1.54) is 12.6 Å². The first kappa shape index (κ1) is 12.8. The molecule has 0 aromatic carbocycles. The molecule has 2 heterocycles. The highest BCUT2D eigenvalue weighted by molar-refractivity contribution is 7.89. The van der Waals surface area contributed by atoms with Crippen molar-refractivity contribution in [1.82, 2.24) is 14.9 Å². The summed E-state index contributed by atoms with van der Waals surface area (Å²) in [6.45, 7) is 2.10. The Bertz CT molecular complexity index is 598. The first-order chi connectivity index (χ1) is 9.67. The minimum Gasteiger partial charge on any atom is -0.381 e. The lowest BCUT2D eigenvalue weighted by molar-refractivity contribution is 0.151. The monoisotopic (exact) mass is 297 g/mol. The highest BCUT2D eigenvalue weighted by atomic mass is 32.2. The minimum absolute atomic E-state index is 0.331. The molecule has 0 amide bonds. The summed E-state index contributed by atoms with van der Waals surface area (Å²) in [6, 6.07) is 0. The van der Waals surface area contributed by atoms with Crippen LogP contribution in [-0.4, -0.2) is 38.4 Å². The van der Waals surface area contributed by atoms with Crippen LogP contribution in [0.4, 0.5) is 0 Å². The Kier molecular flexibility index (Phi) is 2.90. The fraction of sp³-hybridized carbons (Fsp3) is 0.769. The third-order valence-corrected chi connectivity index (χ3v) is 6.52. The molecule has 110 valence electrons. The van der Waals surface area contributed by atoms with E-state index in [-0.39, 0.29) is 0 Å². The molecule has 2 saturated carbocycles. The zero-order chi connectivity index (χ0) is 13.7. The van der Waals surface area contributed by atoms with Crippen LogP contribution < -0.4 is 4.72 Å². The van der Waals surface area contributed by atoms with Crippen molar-refractivity contribution in [1.29, 1.82) is 0 Å². The lowest BCUT2D eigenvalue weighted by Gasteiger charge is -2.24. The molecule has 2 atom stereocenters. The summed E-state index contributed by atoms with van der Waals surface area (Å²) in [4.78, 5) is 0.337. The van der Waals surface area contributed by atoms with Gasteiger partial charge in [0.2, 0.25) is 10.0 Å². The summed E-state index contributed by atoms with van der Waals surface area (Å²) in [5, 5.41) is 6.79. The number of aromatic amines is 1. The molecule has 6 nitrogen and oxygen atoms in total. The van der Waals surface area contributed by atoms with E-state index >= 15 is 0 Å². The van der Waals surface area contributed by atoms with Crippen LogP contribution in [0.5, 0.6) is 0 Å². The second kappa shape index (κ2) is 4.54. The van der Waals surface area contributed by atoms with E-state index in [0.717, 1.165) is 31.7 Å². The third-order valence-electron chi connectivity index (χ3n) is 5.07. The Morgan fingerprint density at radius 3 is 2.75 bits per heavy atom. The summed E-state index contributed by atoms with van der Waals surface area (Å²) in [7, 11) is -3.44. The molecular formula is C13H19N3O3S. The number of rotatable bonds is 5.